The van der Waals surface area contributed by atoms with Crippen LogP contribution in [0.15, 0.2) is 101 Å². The number of aliphatic imine (C=N–C) groups is 1. The fourth-order valence-corrected chi connectivity index (χ4v) is 5.74. The van der Waals surface area contributed by atoms with Gasteiger partial charge in [0.15, 0.2) is 17.3 Å². The molecule has 266 valence electrons. The number of nitrogens with two attached hydrogens (primary N) is 2. The Bertz CT molecular complexity index is 1660. The van der Waals surface area contributed by atoms with Crippen LogP contribution in [0.2, 0.25) is 0 Å². The number of hydrogen-bond acceptors (Lipinski definition) is 10. The number of ketones is 1. The van der Waals surface area contributed by atoms with Crippen LogP contribution in [-0.4, -0.2) is 51.7 Å². The second kappa shape index (κ2) is 19.4. The van der Waals surface area contributed by atoms with Gasteiger partial charge in [-0.1, -0.05) is 61.4 Å². The molecule has 1 heterocycles. The van der Waals surface area contributed by atoms with Crippen LogP contribution in [0.25, 0.3) is 0 Å². The smallest absolute Gasteiger partial charge is 0.161 e. The average molecular weight is 683 g/mol. The normalized spacial score (nSPS) is 14.8. The topological polar surface area (TPSA) is 195 Å². The Labute approximate surface area is 293 Å². The lowest BCUT2D eigenvalue weighted by Crippen LogP contribution is -2.20. The van der Waals surface area contributed by atoms with E-state index in [0.717, 1.165) is 47.9 Å². The van der Waals surface area contributed by atoms with Crippen LogP contribution in [0.4, 0.5) is 0 Å². The van der Waals surface area contributed by atoms with E-state index >= 15 is 0 Å². The molecule has 4 rings (SSSR count). The van der Waals surface area contributed by atoms with Crippen LogP contribution >= 0.6 is 0 Å². The number of unbranched alkanes of at least 4 members (excludes halogenated alkanes) is 3. The number of nitrogens with zero attached hydrogens (tertiary/aromatic N) is 1. The van der Waals surface area contributed by atoms with E-state index in [0.29, 0.717) is 42.6 Å². The van der Waals surface area contributed by atoms with Gasteiger partial charge in [0.25, 0.3) is 0 Å². The van der Waals surface area contributed by atoms with Gasteiger partial charge in [-0.15, -0.1) is 5.76 Å². The maximum Gasteiger partial charge on any atom is 0.161 e. The third kappa shape index (κ3) is 11.7. The fourth-order valence-electron chi connectivity index (χ4n) is 5.74. The van der Waals surface area contributed by atoms with Crippen molar-refractivity contribution < 1.29 is 35.1 Å². The first-order chi connectivity index (χ1) is 24.1. The first-order valence-electron chi connectivity index (χ1n) is 17.1. The molecule has 0 aromatic heterocycles. The summed E-state index contributed by atoms with van der Waals surface area (Å²) in [5.41, 5.74) is 16.1. The summed E-state index contributed by atoms with van der Waals surface area (Å²) in [5.74, 6) is -0.143. The van der Waals surface area contributed by atoms with E-state index < -0.39 is 18.2 Å². The van der Waals surface area contributed by atoms with Crippen molar-refractivity contribution in [2.75, 3.05) is 13.2 Å². The molecule has 1 aliphatic rings. The first-order valence-corrected chi connectivity index (χ1v) is 17.1. The molecule has 1 aliphatic heterocycles. The van der Waals surface area contributed by atoms with Crippen molar-refractivity contribution in [3.8, 4) is 17.2 Å². The van der Waals surface area contributed by atoms with Gasteiger partial charge in [0.2, 0.25) is 0 Å². The quantitative estimate of drug-likeness (QED) is 0.0423. The zero-order valence-electron chi connectivity index (χ0n) is 28.3. The average Bonchev–Trinajstić information content (AvgIpc) is 3.67. The molecule has 0 spiro atoms. The van der Waals surface area contributed by atoms with Crippen LogP contribution in [0, 0.1) is 0 Å². The monoisotopic (exact) mass is 682 g/mol. The second-order valence-electron chi connectivity index (χ2n) is 12.6. The minimum Gasteiger partial charge on any atom is -0.875 e. The Hall–Kier alpha value is -4.74. The Morgan fingerprint density at radius 3 is 2.34 bits per heavy atom. The number of aryl methyl sites for hydroxylation is 1. The summed E-state index contributed by atoms with van der Waals surface area (Å²) in [5, 5.41) is 52.8. The number of carbonyl (C=O) groups excluding carboxylic acids is 1. The molecule has 0 saturated carbocycles. The number of carbonyl (C=O) groups is 1. The zero-order valence-corrected chi connectivity index (χ0v) is 28.3. The van der Waals surface area contributed by atoms with Crippen molar-refractivity contribution in [1.29, 1.82) is 0 Å². The Morgan fingerprint density at radius 1 is 0.920 bits per heavy atom. The largest absolute Gasteiger partial charge is 0.875 e. The Morgan fingerprint density at radius 2 is 1.64 bits per heavy atom. The van der Waals surface area contributed by atoms with E-state index in [9.17, 15) is 25.2 Å². The number of aliphatic hydroxyl groups is 2. The molecular formula is C40H48N3O7-. The lowest BCUT2D eigenvalue weighted by atomic mass is 9.85. The van der Waals surface area contributed by atoms with Crippen molar-refractivity contribution in [2.45, 2.75) is 76.0 Å². The summed E-state index contributed by atoms with van der Waals surface area (Å²) in [6.07, 6.45) is 12.4. The second-order valence-corrected chi connectivity index (χ2v) is 12.6. The fraction of sp³-hybridized carbons (Fsp3) is 0.350. The van der Waals surface area contributed by atoms with Gasteiger partial charge in [-0.3, -0.25) is 9.79 Å². The van der Waals surface area contributed by atoms with Crippen LogP contribution in [0.5, 0.6) is 17.2 Å². The summed E-state index contributed by atoms with van der Waals surface area (Å²) in [7, 11) is 0. The van der Waals surface area contributed by atoms with E-state index in [1.807, 2.05) is 36.4 Å². The van der Waals surface area contributed by atoms with Gasteiger partial charge >= 0.3 is 0 Å². The van der Waals surface area contributed by atoms with E-state index in [2.05, 4.69) is 4.99 Å². The molecule has 0 saturated heterocycles. The molecule has 50 heavy (non-hydrogen) atoms. The predicted octanol–water partition coefficient (Wildman–Crippen LogP) is 4.73. The third-order valence-corrected chi connectivity index (χ3v) is 8.71. The van der Waals surface area contributed by atoms with Gasteiger partial charge in [-0.25, -0.2) is 0 Å². The summed E-state index contributed by atoms with van der Waals surface area (Å²) in [6.45, 7) is 0.0296. The minimum atomic E-state index is -0.657. The van der Waals surface area contributed by atoms with Crippen molar-refractivity contribution in [1.82, 2.24) is 0 Å². The highest BCUT2D eigenvalue weighted by Gasteiger charge is 2.20. The molecule has 3 aromatic rings. The van der Waals surface area contributed by atoms with Gasteiger partial charge in [0.05, 0.1) is 25.5 Å². The summed E-state index contributed by atoms with van der Waals surface area (Å²) < 4.78 is 5.96. The molecule has 8 N–H and O–H groups in total. The van der Waals surface area contributed by atoms with Gasteiger partial charge < -0.3 is 41.7 Å². The molecule has 0 bridgehead atoms. The Kier molecular flexibility index (Phi) is 14.8. The molecule has 0 aliphatic carbocycles. The van der Waals surface area contributed by atoms with Crippen molar-refractivity contribution in [3.05, 3.63) is 124 Å². The molecule has 3 aromatic carbocycles. The number of aromatic hydroxyl groups is 2. The van der Waals surface area contributed by atoms with E-state index in [1.165, 1.54) is 6.21 Å². The van der Waals surface area contributed by atoms with Gasteiger partial charge in [-0.05, 0) is 90.3 Å². The summed E-state index contributed by atoms with van der Waals surface area (Å²) in [6, 6.07) is 17.7. The van der Waals surface area contributed by atoms with Crippen LogP contribution < -0.4 is 21.3 Å². The highest BCUT2D eigenvalue weighted by molar-refractivity contribution is 5.89. The molecule has 0 radical (unpaired) electrons. The maximum absolute atomic E-state index is 13.2. The van der Waals surface area contributed by atoms with Crippen LogP contribution in [0.3, 0.4) is 0 Å². The molecular weight excluding hydrogens is 634 g/mol. The maximum atomic E-state index is 13.2. The minimum absolute atomic E-state index is 0.000836. The van der Waals surface area contributed by atoms with Gasteiger partial charge in [0, 0.05) is 36.7 Å². The summed E-state index contributed by atoms with van der Waals surface area (Å²) >= 11 is 0. The lowest BCUT2D eigenvalue weighted by Gasteiger charge is -2.25. The molecule has 10 heteroatoms. The molecule has 0 amide bonds. The third-order valence-electron chi connectivity index (χ3n) is 8.71. The molecule has 10 nitrogen and oxygen atoms in total. The van der Waals surface area contributed by atoms with Crippen molar-refractivity contribution in [3.63, 3.8) is 0 Å². The number of allylic oxidation sites excluding steroid dienone is 5. The van der Waals surface area contributed by atoms with E-state index in [4.69, 9.17) is 21.3 Å². The number of phenols is 2. The zero-order chi connectivity index (χ0) is 35.9. The SMILES string of the molecule is NC(N)c1ccc([C@H](CC([O-])=C2C=CN=C2)c2cc(CCOc3cc(CCC(=O)/C=C/CCCCC[C@H](O)CO)ccc3O)ccc2O)cc1. The Balaban J connectivity index is 1.35. The number of rotatable bonds is 20. The molecule has 0 fully saturated rings. The van der Waals surface area contributed by atoms with Gasteiger partial charge in [-0.2, -0.15) is 0 Å². The van der Waals surface area contributed by atoms with Gasteiger partial charge in [0.1, 0.15) is 5.75 Å². The van der Waals surface area contributed by atoms with Crippen LogP contribution in [-0.2, 0) is 17.6 Å². The van der Waals surface area contributed by atoms with Crippen molar-refractivity contribution >= 4 is 12.0 Å². The number of benzene rings is 3. The van der Waals surface area contributed by atoms with E-state index in [-0.39, 0.29) is 42.7 Å². The van der Waals surface area contributed by atoms with E-state index in [1.54, 1.807) is 48.7 Å². The predicted molar refractivity (Wildman–Crippen MR) is 193 cm³/mol. The van der Waals surface area contributed by atoms with Crippen molar-refractivity contribution in [2.24, 2.45) is 16.5 Å². The summed E-state index contributed by atoms with van der Waals surface area (Å²) in [4.78, 5) is 16.4. The highest BCUT2D eigenvalue weighted by Crippen LogP contribution is 2.37. The molecule has 2 atom stereocenters. The highest BCUT2D eigenvalue weighted by atomic mass is 16.5. The van der Waals surface area contributed by atoms with Crippen LogP contribution in [0.1, 0.15) is 84.8 Å². The number of aliphatic hydroxyl groups excluding tert-OH is 2. The first kappa shape index (κ1) is 38.1. The number of hydrogen-bond donors (Lipinski definition) is 6. The number of phenolic OH excluding ortho intramolecular Hbond substituents is 2. The number of ether oxygens (including phenoxy) is 1. The standard InChI is InChI=1S/C40H49N3O7/c41-40(42)30-13-11-29(12-14-30)34(24-38(49)31-18-20-43-25-31)35-22-28(9-16-36(35)47)19-21-50-39-23-27(10-17-37(39)48)8-15-32(45)6-4-2-1-3-5-7-33(46)26-44/h4,6,9-14,16-18,20,22-23,25,33-34,40,44,46-49H,1-3,5,7-8,15,19,21,24,26,41-42H2/p-1/b6-4+,38-31?/t33-,34-/m0/s1. The lowest BCUT2D eigenvalue weighted by molar-refractivity contribution is -0.307. The molecule has 0 unspecified atom stereocenters.